The van der Waals surface area contributed by atoms with Crippen molar-refractivity contribution in [1.29, 1.82) is 0 Å². The third-order valence-electron chi connectivity index (χ3n) is 6.52. The first-order valence-corrected chi connectivity index (χ1v) is 11.9. The van der Waals surface area contributed by atoms with Crippen molar-refractivity contribution in [3.63, 3.8) is 0 Å². The summed E-state index contributed by atoms with van der Waals surface area (Å²) in [5.41, 5.74) is 1.68. The molecule has 4 rings (SSSR count). The molecule has 32 heavy (non-hydrogen) atoms. The second kappa shape index (κ2) is 10.4. The van der Waals surface area contributed by atoms with Crippen molar-refractivity contribution in [2.24, 2.45) is 7.05 Å². The lowest BCUT2D eigenvalue weighted by atomic mass is 9.84. The number of ether oxygens (including phenoxy) is 1. The van der Waals surface area contributed by atoms with Crippen LogP contribution in [0.15, 0.2) is 30.6 Å². The van der Waals surface area contributed by atoms with Gasteiger partial charge in [-0.25, -0.2) is 0 Å². The van der Waals surface area contributed by atoms with Crippen LogP contribution in [0.1, 0.15) is 66.8 Å². The van der Waals surface area contributed by atoms with Crippen LogP contribution in [-0.4, -0.2) is 52.2 Å². The number of nitrogens with zero attached hydrogens (tertiary/aromatic N) is 3. The topological polar surface area (TPSA) is 76.5 Å². The maximum Gasteiger partial charge on any atom is 0.260 e. The number of rotatable bonds is 6. The number of aryl methyl sites for hydroxylation is 1. The number of hydrogen-bond acceptors (Lipinski definition) is 4. The van der Waals surface area contributed by atoms with E-state index in [1.54, 1.807) is 24.1 Å². The maximum atomic E-state index is 12.8. The molecule has 0 bridgehead atoms. The van der Waals surface area contributed by atoms with Crippen LogP contribution in [0.5, 0.6) is 5.75 Å². The Bertz CT molecular complexity index is 946. The number of carbonyl (C=O) groups excluding carboxylic acids is 2. The minimum Gasteiger partial charge on any atom is -0.483 e. The van der Waals surface area contributed by atoms with E-state index in [-0.39, 0.29) is 24.5 Å². The number of nitrogens with one attached hydrogen (secondary N) is 1. The molecule has 0 unspecified atom stereocenters. The van der Waals surface area contributed by atoms with E-state index in [4.69, 9.17) is 16.3 Å². The van der Waals surface area contributed by atoms with E-state index in [0.717, 1.165) is 37.0 Å². The van der Waals surface area contributed by atoms with Gasteiger partial charge in [-0.1, -0.05) is 30.9 Å². The first-order chi connectivity index (χ1) is 15.5. The second-order valence-electron chi connectivity index (χ2n) is 8.84. The Morgan fingerprint density at radius 3 is 2.59 bits per heavy atom. The van der Waals surface area contributed by atoms with E-state index in [0.29, 0.717) is 29.6 Å². The van der Waals surface area contributed by atoms with Crippen molar-refractivity contribution in [3.8, 4) is 5.75 Å². The van der Waals surface area contributed by atoms with Crippen LogP contribution in [-0.2, 0) is 11.8 Å². The number of halogens is 1. The smallest absolute Gasteiger partial charge is 0.260 e. The predicted molar refractivity (Wildman–Crippen MR) is 123 cm³/mol. The van der Waals surface area contributed by atoms with Gasteiger partial charge in [0.2, 0.25) is 0 Å². The van der Waals surface area contributed by atoms with E-state index < -0.39 is 0 Å². The molecule has 2 aromatic rings. The molecule has 2 aliphatic rings. The molecule has 1 aromatic heterocycles. The molecule has 0 radical (unpaired) electrons. The molecular formula is C24H31ClN4O3. The van der Waals surface area contributed by atoms with Gasteiger partial charge in [0.25, 0.3) is 11.8 Å². The van der Waals surface area contributed by atoms with Crippen LogP contribution in [0.4, 0.5) is 0 Å². The Balaban J connectivity index is 1.27. The standard InChI is InChI=1S/C24H31ClN4O3/c1-28-15-18(14-26-28)24(31)27-20-9-11-29(12-10-20)23(30)16-32-22-8-7-19(25)13-21(22)17-5-3-2-4-6-17/h7-8,13-15,17,20H,2-6,9-12,16H2,1H3,(H,27,31). The SMILES string of the molecule is Cn1cc(C(=O)NC2CCN(C(=O)COc3ccc(Cl)cc3C3CCCCC3)CC2)cn1. The van der Waals surface area contributed by atoms with Gasteiger partial charge in [0, 0.05) is 37.4 Å². The van der Waals surface area contributed by atoms with Crippen molar-refractivity contribution in [2.75, 3.05) is 19.7 Å². The van der Waals surface area contributed by atoms with Gasteiger partial charge in [0.1, 0.15) is 5.75 Å². The lowest BCUT2D eigenvalue weighted by Gasteiger charge is -2.32. The van der Waals surface area contributed by atoms with E-state index in [2.05, 4.69) is 10.4 Å². The van der Waals surface area contributed by atoms with E-state index >= 15 is 0 Å². The largest absolute Gasteiger partial charge is 0.483 e. The first kappa shape index (κ1) is 22.6. The van der Waals surface area contributed by atoms with Crippen LogP contribution in [0.25, 0.3) is 0 Å². The summed E-state index contributed by atoms with van der Waals surface area (Å²) < 4.78 is 7.59. The number of hydrogen-bond donors (Lipinski definition) is 1. The minimum absolute atomic E-state index is 0.0217. The maximum absolute atomic E-state index is 12.8. The molecule has 1 saturated heterocycles. The fourth-order valence-electron chi connectivity index (χ4n) is 4.69. The van der Waals surface area contributed by atoms with Gasteiger partial charge < -0.3 is 15.0 Å². The van der Waals surface area contributed by atoms with Crippen LogP contribution >= 0.6 is 11.6 Å². The number of benzene rings is 1. The molecule has 1 aliphatic carbocycles. The van der Waals surface area contributed by atoms with Gasteiger partial charge in [-0.3, -0.25) is 14.3 Å². The number of likely N-dealkylation sites (tertiary alicyclic amines) is 1. The molecule has 0 atom stereocenters. The van der Waals surface area contributed by atoms with Crippen molar-refractivity contribution in [2.45, 2.75) is 56.9 Å². The zero-order valence-electron chi connectivity index (χ0n) is 18.6. The Hall–Kier alpha value is -2.54. The van der Waals surface area contributed by atoms with Gasteiger partial charge in [-0.05, 0) is 55.4 Å². The monoisotopic (exact) mass is 458 g/mol. The molecule has 0 spiro atoms. The molecule has 2 heterocycles. The summed E-state index contributed by atoms with van der Waals surface area (Å²) in [6.07, 6.45) is 10.7. The Kier molecular flexibility index (Phi) is 7.35. The normalized spacial score (nSPS) is 17.9. The fourth-order valence-corrected chi connectivity index (χ4v) is 4.88. The van der Waals surface area contributed by atoms with E-state index in [1.807, 2.05) is 23.1 Å². The fraction of sp³-hybridized carbons (Fsp3) is 0.542. The van der Waals surface area contributed by atoms with E-state index in [9.17, 15) is 9.59 Å². The zero-order chi connectivity index (χ0) is 22.5. The number of piperidine rings is 1. The third kappa shape index (κ3) is 5.63. The van der Waals surface area contributed by atoms with Gasteiger partial charge >= 0.3 is 0 Å². The molecule has 172 valence electrons. The predicted octanol–water partition coefficient (Wildman–Crippen LogP) is 3.92. The lowest BCUT2D eigenvalue weighted by Crippen LogP contribution is -2.47. The second-order valence-corrected chi connectivity index (χ2v) is 9.27. The molecule has 2 fully saturated rings. The Morgan fingerprint density at radius 1 is 1.16 bits per heavy atom. The molecule has 7 nitrogen and oxygen atoms in total. The van der Waals surface area contributed by atoms with Crippen molar-refractivity contribution in [3.05, 3.63) is 46.7 Å². The summed E-state index contributed by atoms with van der Waals surface area (Å²) in [5, 5.41) is 7.78. The summed E-state index contributed by atoms with van der Waals surface area (Å²) in [7, 11) is 1.78. The van der Waals surface area contributed by atoms with Gasteiger partial charge in [-0.2, -0.15) is 5.10 Å². The van der Waals surface area contributed by atoms with Crippen molar-refractivity contribution >= 4 is 23.4 Å². The van der Waals surface area contributed by atoms with Gasteiger partial charge in [0.15, 0.2) is 6.61 Å². The molecule has 1 aromatic carbocycles. The summed E-state index contributed by atoms with van der Waals surface area (Å²) in [6, 6.07) is 5.76. The van der Waals surface area contributed by atoms with Crippen LogP contribution in [0, 0.1) is 0 Å². The van der Waals surface area contributed by atoms with Crippen LogP contribution < -0.4 is 10.1 Å². The average molecular weight is 459 g/mol. The highest BCUT2D eigenvalue weighted by Gasteiger charge is 2.25. The average Bonchev–Trinajstić information content (AvgIpc) is 3.25. The van der Waals surface area contributed by atoms with Crippen molar-refractivity contribution in [1.82, 2.24) is 20.0 Å². The third-order valence-corrected chi connectivity index (χ3v) is 6.75. The molecular weight excluding hydrogens is 428 g/mol. The quantitative estimate of drug-likeness (QED) is 0.711. The molecule has 1 N–H and O–H groups in total. The summed E-state index contributed by atoms with van der Waals surface area (Å²) >= 11 is 6.25. The van der Waals surface area contributed by atoms with Crippen LogP contribution in [0.2, 0.25) is 5.02 Å². The van der Waals surface area contributed by atoms with Crippen molar-refractivity contribution < 1.29 is 14.3 Å². The number of carbonyl (C=O) groups is 2. The summed E-state index contributed by atoms with van der Waals surface area (Å²) in [4.78, 5) is 26.9. The molecule has 2 amide bonds. The lowest BCUT2D eigenvalue weighted by molar-refractivity contribution is -0.134. The van der Waals surface area contributed by atoms with E-state index in [1.165, 1.54) is 19.3 Å². The first-order valence-electron chi connectivity index (χ1n) is 11.5. The molecule has 8 heteroatoms. The molecule has 1 aliphatic heterocycles. The highest BCUT2D eigenvalue weighted by Crippen LogP contribution is 2.38. The Morgan fingerprint density at radius 2 is 1.91 bits per heavy atom. The number of aromatic nitrogens is 2. The zero-order valence-corrected chi connectivity index (χ0v) is 19.3. The molecule has 1 saturated carbocycles. The van der Waals surface area contributed by atoms with Crippen LogP contribution in [0.3, 0.4) is 0 Å². The summed E-state index contributed by atoms with van der Waals surface area (Å²) in [5.74, 6) is 1.08. The highest BCUT2D eigenvalue weighted by atomic mass is 35.5. The Labute approximate surface area is 194 Å². The van der Waals surface area contributed by atoms with Gasteiger partial charge in [0.05, 0.1) is 11.8 Å². The summed E-state index contributed by atoms with van der Waals surface area (Å²) in [6.45, 7) is 1.24. The number of amides is 2. The highest BCUT2D eigenvalue weighted by molar-refractivity contribution is 6.30. The minimum atomic E-state index is -0.121. The van der Waals surface area contributed by atoms with Gasteiger partial charge in [-0.15, -0.1) is 0 Å².